The van der Waals surface area contributed by atoms with Crippen molar-refractivity contribution < 1.29 is 4.39 Å². The highest BCUT2D eigenvalue weighted by Gasteiger charge is 2.03. The minimum absolute atomic E-state index is 0.160. The molecule has 0 aliphatic carbocycles. The maximum absolute atomic E-state index is 13.5. The van der Waals surface area contributed by atoms with Crippen LogP contribution in [-0.4, -0.2) is 21.3 Å². The van der Waals surface area contributed by atoms with Crippen molar-refractivity contribution in [1.82, 2.24) is 20.1 Å². The maximum atomic E-state index is 13.5. The average molecular weight is 248 g/mol. The van der Waals surface area contributed by atoms with Gasteiger partial charge >= 0.3 is 0 Å². The van der Waals surface area contributed by atoms with Crippen molar-refractivity contribution in [3.8, 4) is 0 Å². The first-order valence-corrected chi connectivity index (χ1v) is 5.95. The lowest BCUT2D eigenvalue weighted by molar-refractivity contribution is 0.583. The zero-order valence-electron chi connectivity index (χ0n) is 10.7. The first kappa shape index (κ1) is 12.7. The molecule has 0 unspecified atom stereocenters. The summed E-state index contributed by atoms with van der Waals surface area (Å²) >= 11 is 0. The lowest BCUT2D eigenvalue weighted by Gasteiger charge is -2.06. The minimum atomic E-state index is -0.160. The molecule has 0 fully saturated rings. The molecule has 4 nitrogen and oxygen atoms in total. The summed E-state index contributed by atoms with van der Waals surface area (Å²) in [5.41, 5.74) is 1.77. The Balaban J connectivity index is 1.82. The summed E-state index contributed by atoms with van der Waals surface area (Å²) < 4.78 is 15.4. The van der Waals surface area contributed by atoms with Crippen LogP contribution in [0.1, 0.15) is 17.0 Å². The normalized spacial score (nSPS) is 10.8. The van der Waals surface area contributed by atoms with Gasteiger partial charge in [-0.1, -0.05) is 17.7 Å². The molecule has 0 saturated carbocycles. The largest absolute Gasteiger partial charge is 0.321 e. The number of halogens is 1. The molecule has 0 aliphatic rings. The van der Waals surface area contributed by atoms with Crippen LogP contribution < -0.4 is 5.32 Å². The fourth-order valence-electron chi connectivity index (χ4n) is 1.80. The summed E-state index contributed by atoms with van der Waals surface area (Å²) in [6.45, 7) is 3.24. The Bertz CT molecular complexity index is 521. The SMILES string of the molecule is Cc1ccc(F)c(CNCCc2nncn2C)c1. The van der Waals surface area contributed by atoms with E-state index < -0.39 is 0 Å². The Morgan fingerprint density at radius 2 is 2.22 bits per heavy atom. The Kier molecular flexibility index (Phi) is 4.04. The number of hydrogen-bond donors (Lipinski definition) is 1. The highest BCUT2D eigenvalue weighted by Crippen LogP contribution is 2.09. The summed E-state index contributed by atoms with van der Waals surface area (Å²) in [6, 6.07) is 5.15. The Hall–Kier alpha value is -1.75. The summed E-state index contributed by atoms with van der Waals surface area (Å²) in [5.74, 6) is 0.763. The van der Waals surface area contributed by atoms with Crippen LogP contribution in [0.3, 0.4) is 0 Å². The van der Waals surface area contributed by atoms with Gasteiger partial charge in [0, 0.05) is 32.1 Å². The third-order valence-electron chi connectivity index (χ3n) is 2.85. The Morgan fingerprint density at radius 1 is 1.39 bits per heavy atom. The lowest BCUT2D eigenvalue weighted by atomic mass is 10.1. The van der Waals surface area contributed by atoms with E-state index in [2.05, 4.69) is 15.5 Å². The van der Waals surface area contributed by atoms with Crippen molar-refractivity contribution in [2.24, 2.45) is 7.05 Å². The quantitative estimate of drug-likeness (QED) is 0.817. The molecule has 18 heavy (non-hydrogen) atoms. The van der Waals surface area contributed by atoms with Crippen molar-refractivity contribution in [2.75, 3.05) is 6.54 Å². The van der Waals surface area contributed by atoms with Crippen LogP contribution in [0.2, 0.25) is 0 Å². The zero-order valence-corrected chi connectivity index (χ0v) is 10.7. The summed E-state index contributed by atoms with van der Waals surface area (Å²) in [7, 11) is 1.91. The van der Waals surface area contributed by atoms with E-state index in [1.165, 1.54) is 6.07 Å². The number of nitrogens with one attached hydrogen (secondary N) is 1. The number of aryl methyl sites for hydroxylation is 2. The first-order valence-electron chi connectivity index (χ1n) is 5.95. The van der Waals surface area contributed by atoms with Gasteiger partial charge in [-0.2, -0.15) is 0 Å². The van der Waals surface area contributed by atoms with Gasteiger partial charge in [-0.15, -0.1) is 10.2 Å². The third kappa shape index (κ3) is 3.13. The molecule has 1 heterocycles. The molecule has 1 aromatic heterocycles. The molecule has 0 bridgehead atoms. The van der Waals surface area contributed by atoms with Crippen molar-refractivity contribution >= 4 is 0 Å². The van der Waals surface area contributed by atoms with Crippen LogP contribution in [0.15, 0.2) is 24.5 Å². The molecular weight excluding hydrogens is 231 g/mol. The van der Waals surface area contributed by atoms with E-state index >= 15 is 0 Å². The van der Waals surface area contributed by atoms with Gasteiger partial charge in [0.25, 0.3) is 0 Å². The fourth-order valence-corrected chi connectivity index (χ4v) is 1.80. The lowest BCUT2D eigenvalue weighted by Crippen LogP contribution is -2.19. The topological polar surface area (TPSA) is 42.7 Å². The van der Waals surface area contributed by atoms with Gasteiger partial charge < -0.3 is 9.88 Å². The van der Waals surface area contributed by atoms with Crippen LogP contribution in [0.5, 0.6) is 0 Å². The maximum Gasteiger partial charge on any atom is 0.133 e. The molecule has 0 spiro atoms. The Morgan fingerprint density at radius 3 is 2.94 bits per heavy atom. The zero-order chi connectivity index (χ0) is 13.0. The van der Waals surface area contributed by atoms with E-state index in [4.69, 9.17) is 0 Å². The first-order chi connectivity index (χ1) is 8.66. The van der Waals surface area contributed by atoms with E-state index in [1.54, 1.807) is 12.4 Å². The third-order valence-corrected chi connectivity index (χ3v) is 2.85. The van der Waals surface area contributed by atoms with E-state index in [-0.39, 0.29) is 5.82 Å². The molecule has 0 saturated heterocycles. The highest BCUT2D eigenvalue weighted by atomic mass is 19.1. The number of hydrogen-bond acceptors (Lipinski definition) is 3. The standard InChI is InChI=1S/C13H17FN4/c1-10-3-4-12(14)11(7-10)8-15-6-5-13-17-16-9-18(13)2/h3-4,7,9,15H,5-6,8H2,1-2H3. The average Bonchev–Trinajstić information content (AvgIpc) is 2.75. The monoisotopic (exact) mass is 248 g/mol. The van der Waals surface area contributed by atoms with Crippen molar-refractivity contribution in [3.05, 3.63) is 47.3 Å². The van der Waals surface area contributed by atoms with Gasteiger partial charge in [-0.3, -0.25) is 0 Å². The molecule has 2 aromatic rings. The molecular formula is C13H17FN4. The second-order valence-electron chi connectivity index (χ2n) is 4.38. The Labute approximate surface area is 106 Å². The smallest absolute Gasteiger partial charge is 0.133 e. The highest BCUT2D eigenvalue weighted by molar-refractivity contribution is 5.23. The molecule has 5 heteroatoms. The van der Waals surface area contributed by atoms with E-state index in [0.29, 0.717) is 12.1 Å². The van der Waals surface area contributed by atoms with Crippen LogP contribution in [0.4, 0.5) is 4.39 Å². The van der Waals surface area contributed by atoms with E-state index in [0.717, 1.165) is 24.4 Å². The molecule has 0 amide bonds. The molecule has 1 aromatic carbocycles. The van der Waals surface area contributed by atoms with Gasteiger partial charge in [0.1, 0.15) is 18.0 Å². The molecule has 2 rings (SSSR count). The molecule has 1 N–H and O–H groups in total. The van der Waals surface area contributed by atoms with Crippen LogP contribution >= 0.6 is 0 Å². The van der Waals surface area contributed by atoms with Gasteiger partial charge in [-0.05, 0) is 13.0 Å². The van der Waals surface area contributed by atoms with Gasteiger partial charge in [0.15, 0.2) is 0 Å². The molecule has 0 atom stereocenters. The van der Waals surface area contributed by atoms with Crippen molar-refractivity contribution in [3.63, 3.8) is 0 Å². The molecule has 0 radical (unpaired) electrons. The van der Waals surface area contributed by atoms with Crippen molar-refractivity contribution in [1.29, 1.82) is 0 Å². The van der Waals surface area contributed by atoms with E-state index in [1.807, 2.05) is 24.6 Å². The summed E-state index contributed by atoms with van der Waals surface area (Å²) in [6.07, 6.45) is 2.46. The minimum Gasteiger partial charge on any atom is -0.321 e. The number of rotatable bonds is 5. The van der Waals surface area contributed by atoms with E-state index in [9.17, 15) is 4.39 Å². The molecule has 0 aliphatic heterocycles. The number of nitrogens with zero attached hydrogens (tertiary/aromatic N) is 3. The fraction of sp³-hybridized carbons (Fsp3) is 0.385. The summed E-state index contributed by atoms with van der Waals surface area (Å²) in [5, 5.41) is 11.0. The van der Waals surface area contributed by atoms with Gasteiger partial charge in [-0.25, -0.2) is 4.39 Å². The predicted molar refractivity (Wildman–Crippen MR) is 67.6 cm³/mol. The second kappa shape index (κ2) is 5.73. The van der Waals surface area contributed by atoms with Crippen LogP contribution in [0, 0.1) is 12.7 Å². The predicted octanol–water partition coefficient (Wildman–Crippen LogP) is 1.59. The second-order valence-corrected chi connectivity index (χ2v) is 4.38. The summed E-state index contributed by atoms with van der Waals surface area (Å²) in [4.78, 5) is 0. The van der Waals surface area contributed by atoms with Crippen LogP contribution in [0.25, 0.3) is 0 Å². The van der Waals surface area contributed by atoms with Crippen molar-refractivity contribution in [2.45, 2.75) is 19.9 Å². The number of aromatic nitrogens is 3. The van der Waals surface area contributed by atoms with Crippen LogP contribution in [-0.2, 0) is 20.0 Å². The van der Waals surface area contributed by atoms with Gasteiger partial charge in [0.05, 0.1) is 0 Å². The molecule has 96 valence electrons. The van der Waals surface area contributed by atoms with Gasteiger partial charge in [0.2, 0.25) is 0 Å². The number of benzene rings is 1.